The molecular weight excluding hydrogens is 168 g/mol. The minimum Gasteiger partial charge on any atom is -0.497 e. The zero-order valence-corrected chi connectivity index (χ0v) is 7.74. The first kappa shape index (κ1) is 8.23. The van der Waals surface area contributed by atoms with Crippen molar-refractivity contribution < 1.29 is 14.2 Å². The maximum atomic E-state index is 5.55. The SMILES string of the molecule is COc1ccc2c(c1)OCC(C)O2. The van der Waals surface area contributed by atoms with E-state index in [9.17, 15) is 0 Å². The van der Waals surface area contributed by atoms with Crippen LogP contribution < -0.4 is 14.2 Å². The summed E-state index contributed by atoms with van der Waals surface area (Å²) in [7, 11) is 1.63. The molecule has 1 aromatic carbocycles. The highest BCUT2D eigenvalue weighted by Crippen LogP contribution is 2.34. The molecule has 1 atom stereocenters. The summed E-state index contributed by atoms with van der Waals surface area (Å²) in [6.07, 6.45) is 0.126. The first-order chi connectivity index (χ1) is 6.29. The van der Waals surface area contributed by atoms with Gasteiger partial charge in [-0.25, -0.2) is 0 Å². The van der Waals surface area contributed by atoms with Crippen molar-refractivity contribution in [1.29, 1.82) is 0 Å². The van der Waals surface area contributed by atoms with Crippen LogP contribution in [0, 0.1) is 0 Å². The first-order valence-electron chi connectivity index (χ1n) is 4.27. The Bertz CT molecular complexity index is 309. The Labute approximate surface area is 77.2 Å². The van der Waals surface area contributed by atoms with E-state index in [1.807, 2.05) is 25.1 Å². The van der Waals surface area contributed by atoms with Crippen LogP contribution in [-0.2, 0) is 0 Å². The van der Waals surface area contributed by atoms with Crippen LogP contribution in [0.3, 0.4) is 0 Å². The lowest BCUT2D eigenvalue weighted by molar-refractivity contribution is 0.104. The van der Waals surface area contributed by atoms with Crippen molar-refractivity contribution in [2.24, 2.45) is 0 Å². The van der Waals surface area contributed by atoms with Crippen LogP contribution in [0.1, 0.15) is 6.92 Å². The van der Waals surface area contributed by atoms with Gasteiger partial charge in [0.15, 0.2) is 11.5 Å². The lowest BCUT2D eigenvalue weighted by Gasteiger charge is -2.23. The van der Waals surface area contributed by atoms with Crippen LogP contribution in [0.2, 0.25) is 0 Å². The fourth-order valence-corrected chi connectivity index (χ4v) is 1.28. The van der Waals surface area contributed by atoms with Crippen molar-refractivity contribution in [3.05, 3.63) is 18.2 Å². The maximum absolute atomic E-state index is 5.55. The monoisotopic (exact) mass is 180 g/mol. The third kappa shape index (κ3) is 1.54. The van der Waals surface area contributed by atoms with Crippen LogP contribution >= 0.6 is 0 Å². The Hall–Kier alpha value is -1.38. The number of rotatable bonds is 1. The van der Waals surface area contributed by atoms with Gasteiger partial charge in [0.2, 0.25) is 0 Å². The quantitative estimate of drug-likeness (QED) is 0.660. The van der Waals surface area contributed by atoms with Gasteiger partial charge in [0.1, 0.15) is 18.5 Å². The molecule has 70 valence electrons. The molecule has 0 spiro atoms. The minimum atomic E-state index is 0.126. The van der Waals surface area contributed by atoms with E-state index in [0.717, 1.165) is 17.2 Å². The zero-order chi connectivity index (χ0) is 9.26. The van der Waals surface area contributed by atoms with E-state index in [-0.39, 0.29) is 6.10 Å². The Balaban J connectivity index is 2.31. The van der Waals surface area contributed by atoms with Crippen LogP contribution in [0.4, 0.5) is 0 Å². The van der Waals surface area contributed by atoms with Gasteiger partial charge in [0.25, 0.3) is 0 Å². The van der Waals surface area contributed by atoms with E-state index < -0.39 is 0 Å². The van der Waals surface area contributed by atoms with E-state index >= 15 is 0 Å². The van der Waals surface area contributed by atoms with Gasteiger partial charge in [-0.1, -0.05) is 0 Å². The second-order valence-electron chi connectivity index (χ2n) is 3.05. The van der Waals surface area contributed by atoms with Gasteiger partial charge in [-0.3, -0.25) is 0 Å². The lowest BCUT2D eigenvalue weighted by Crippen LogP contribution is -2.25. The van der Waals surface area contributed by atoms with E-state index in [0.29, 0.717) is 6.61 Å². The molecule has 3 heteroatoms. The molecule has 0 amide bonds. The summed E-state index contributed by atoms with van der Waals surface area (Å²) in [5.74, 6) is 2.34. The van der Waals surface area contributed by atoms with Gasteiger partial charge in [-0.05, 0) is 19.1 Å². The molecule has 3 nitrogen and oxygen atoms in total. The number of hydrogen-bond donors (Lipinski definition) is 0. The van der Waals surface area contributed by atoms with Crippen LogP contribution in [0.25, 0.3) is 0 Å². The van der Waals surface area contributed by atoms with Gasteiger partial charge in [-0.15, -0.1) is 0 Å². The molecule has 1 aliphatic heterocycles. The van der Waals surface area contributed by atoms with Gasteiger partial charge in [-0.2, -0.15) is 0 Å². The van der Waals surface area contributed by atoms with Crippen LogP contribution in [0.15, 0.2) is 18.2 Å². The number of benzene rings is 1. The number of fused-ring (bicyclic) bond motifs is 1. The number of methoxy groups -OCH3 is 1. The van der Waals surface area contributed by atoms with Crippen molar-refractivity contribution in [2.75, 3.05) is 13.7 Å². The molecule has 1 heterocycles. The molecule has 0 radical (unpaired) electrons. The summed E-state index contributed by atoms with van der Waals surface area (Å²) < 4.78 is 16.1. The molecule has 1 unspecified atom stereocenters. The summed E-state index contributed by atoms with van der Waals surface area (Å²) in [5, 5.41) is 0. The third-order valence-corrected chi connectivity index (χ3v) is 1.95. The molecule has 0 bridgehead atoms. The highest BCUT2D eigenvalue weighted by Gasteiger charge is 2.17. The van der Waals surface area contributed by atoms with E-state index in [4.69, 9.17) is 14.2 Å². The zero-order valence-electron chi connectivity index (χ0n) is 7.74. The summed E-state index contributed by atoms with van der Waals surface area (Å²) in [5.41, 5.74) is 0. The first-order valence-corrected chi connectivity index (χ1v) is 4.27. The molecule has 0 fully saturated rings. The number of ether oxygens (including phenoxy) is 3. The standard InChI is InChI=1S/C10H12O3/c1-7-6-12-10-5-8(11-2)3-4-9(10)13-7/h3-5,7H,6H2,1-2H3. The molecule has 0 aliphatic carbocycles. The van der Waals surface area contributed by atoms with Crippen molar-refractivity contribution in [2.45, 2.75) is 13.0 Å². The molecule has 1 aliphatic rings. The van der Waals surface area contributed by atoms with Crippen molar-refractivity contribution >= 4 is 0 Å². The Morgan fingerprint density at radius 2 is 2.23 bits per heavy atom. The van der Waals surface area contributed by atoms with Gasteiger partial charge in [0, 0.05) is 6.07 Å². The predicted molar refractivity (Wildman–Crippen MR) is 48.6 cm³/mol. The second-order valence-corrected chi connectivity index (χ2v) is 3.05. The molecule has 0 aromatic heterocycles. The Morgan fingerprint density at radius 1 is 1.38 bits per heavy atom. The second kappa shape index (κ2) is 3.17. The largest absolute Gasteiger partial charge is 0.497 e. The average molecular weight is 180 g/mol. The Kier molecular flexibility index (Phi) is 2.00. The minimum absolute atomic E-state index is 0.126. The summed E-state index contributed by atoms with van der Waals surface area (Å²) in [4.78, 5) is 0. The van der Waals surface area contributed by atoms with Crippen molar-refractivity contribution in [3.8, 4) is 17.2 Å². The summed E-state index contributed by atoms with van der Waals surface area (Å²) >= 11 is 0. The average Bonchev–Trinajstić information content (AvgIpc) is 2.17. The molecule has 13 heavy (non-hydrogen) atoms. The topological polar surface area (TPSA) is 27.7 Å². The number of hydrogen-bond acceptors (Lipinski definition) is 3. The van der Waals surface area contributed by atoms with Crippen LogP contribution in [0.5, 0.6) is 17.2 Å². The van der Waals surface area contributed by atoms with E-state index in [1.165, 1.54) is 0 Å². The van der Waals surface area contributed by atoms with E-state index in [2.05, 4.69) is 0 Å². The predicted octanol–water partition coefficient (Wildman–Crippen LogP) is 1.85. The fraction of sp³-hybridized carbons (Fsp3) is 0.400. The van der Waals surface area contributed by atoms with E-state index in [1.54, 1.807) is 7.11 Å². The molecule has 0 saturated heterocycles. The molecular formula is C10H12O3. The lowest BCUT2D eigenvalue weighted by atomic mass is 10.2. The summed E-state index contributed by atoms with van der Waals surface area (Å²) in [6, 6.07) is 5.56. The normalized spacial score (nSPS) is 19.7. The van der Waals surface area contributed by atoms with Gasteiger partial charge >= 0.3 is 0 Å². The summed E-state index contributed by atoms with van der Waals surface area (Å²) in [6.45, 7) is 2.58. The van der Waals surface area contributed by atoms with Crippen molar-refractivity contribution in [3.63, 3.8) is 0 Å². The van der Waals surface area contributed by atoms with Gasteiger partial charge in [0.05, 0.1) is 7.11 Å². The Morgan fingerprint density at radius 3 is 3.00 bits per heavy atom. The maximum Gasteiger partial charge on any atom is 0.165 e. The molecule has 1 aromatic rings. The van der Waals surface area contributed by atoms with Crippen molar-refractivity contribution in [1.82, 2.24) is 0 Å². The smallest absolute Gasteiger partial charge is 0.165 e. The van der Waals surface area contributed by atoms with Gasteiger partial charge < -0.3 is 14.2 Å². The molecule has 0 N–H and O–H groups in total. The highest BCUT2D eigenvalue weighted by molar-refractivity contribution is 5.46. The third-order valence-electron chi connectivity index (χ3n) is 1.95. The molecule has 2 rings (SSSR count). The highest BCUT2D eigenvalue weighted by atomic mass is 16.6. The van der Waals surface area contributed by atoms with Crippen LogP contribution in [-0.4, -0.2) is 19.8 Å². The fourth-order valence-electron chi connectivity index (χ4n) is 1.28. The molecule has 0 saturated carbocycles.